The highest BCUT2D eigenvalue weighted by Gasteiger charge is 2.16. The molecule has 0 atom stereocenters. The monoisotopic (exact) mass is 334 g/mol. The lowest BCUT2D eigenvalue weighted by molar-refractivity contribution is -0.114. The van der Waals surface area contributed by atoms with Gasteiger partial charge in [-0.15, -0.1) is 21.5 Å². The summed E-state index contributed by atoms with van der Waals surface area (Å²) in [5.41, 5.74) is 0.286. The highest BCUT2D eigenvalue weighted by molar-refractivity contribution is 7.14. The van der Waals surface area contributed by atoms with Crippen LogP contribution in [0.15, 0.2) is 5.38 Å². The lowest BCUT2D eigenvalue weighted by Crippen LogP contribution is -2.25. The fraction of sp³-hybridized carbons (Fsp3) is 0.500. The highest BCUT2D eigenvalue weighted by Crippen LogP contribution is 2.16. The molecule has 0 saturated carbocycles. The average molecular weight is 334 g/mol. The minimum Gasteiger partial charge on any atom is -0.343 e. The molecule has 0 aliphatic carbocycles. The molecule has 0 bridgehead atoms. The van der Waals surface area contributed by atoms with Crippen molar-refractivity contribution in [3.8, 4) is 0 Å². The Kier molecular flexibility index (Phi) is 4.65. The van der Waals surface area contributed by atoms with Crippen LogP contribution in [-0.4, -0.2) is 31.6 Å². The molecule has 2 aromatic rings. The zero-order chi connectivity index (χ0) is 16.2. The molecule has 0 radical (unpaired) electrons. The van der Waals surface area contributed by atoms with E-state index in [1.165, 1.54) is 24.7 Å². The van der Waals surface area contributed by atoms with E-state index in [0.717, 1.165) is 37.5 Å². The van der Waals surface area contributed by atoms with Crippen LogP contribution in [-0.2, 0) is 24.3 Å². The molecule has 8 nitrogen and oxygen atoms in total. The smallest absolute Gasteiger partial charge is 0.271 e. The van der Waals surface area contributed by atoms with Crippen LogP contribution in [0, 0.1) is 0 Å². The zero-order valence-electron chi connectivity index (χ0n) is 12.8. The summed E-state index contributed by atoms with van der Waals surface area (Å²) in [5.74, 6) is 1.27. The quantitative estimate of drug-likeness (QED) is 0.879. The summed E-state index contributed by atoms with van der Waals surface area (Å²) < 4.78 is 2.09. The Morgan fingerprint density at radius 1 is 1.30 bits per heavy atom. The minimum atomic E-state index is -0.288. The van der Waals surface area contributed by atoms with Gasteiger partial charge in [0, 0.05) is 25.3 Å². The summed E-state index contributed by atoms with van der Waals surface area (Å²) >= 11 is 1.22. The Morgan fingerprint density at radius 3 is 3.00 bits per heavy atom. The van der Waals surface area contributed by atoms with E-state index in [1.54, 1.807) is 5.38 Å². The van der Waals surface area contributed by atoms with Crippen LogP contribution in [0.3, 0.4) is 0 Å². The third-order valence-electron chi connectivity index (χ3n) is 3.61. The van der Waals surface area contributed by atoms with Gasteiger partial charge in [0.05, 0.1) is 6.54 Å². The van der Waals surface area contributed by atoms with Gasteiger partial charge in [0.15, 0.2) is 11.0 Å². The van der Waals surface area contributed by atoms with Crippen molar-refractivity contribution in [2.24, 2.45) is 0 Å². The number of aryl methyl sites for hydroxylation is 1. The molecule has 2 N–H and O–H groups in total. The number of hydrogen-bond acceptors (Lipinski definition) is 6. The molecular formula is C14H18N6O2S. The largest absolute Gasteiger partial charge is 0.343 e. The summed E-state index contributed by atoms with van der Waals surface area (Å²) in [5, 5.41) is 15.8. The van der Waals surface area contributed by atoms with Gasteiger partial charge in [-0.05, 0) is 12.8 Å². The summed E-state index contributed by atoms with van der Waals surface area (Å²) in [6.07, 6.45) is 4.38. The number of nitrogens with zero attached hydrogens (tertiary/aromatic N) is 4. The van der Waals surface area contributed by atoms with E-state index in [9.17, 15) is 9.59 Å². The maximum atomic E-state index is 12.1. The molecule has 1 aliphatic heterocycles. The highest BCUT2D eigenvalue weighted by atomic mass is 32.1. The van der Waals surface area contributed by atoms with Crippen molar-refractivity contribution in [3.63, 3.8) is 0 Å². The van der Waals surface area contributed by atoms with Gasteiger partial charge in [-0.1, -0.05) is 6.42 Å². The number of hydrogen-bond donors (Lipinski definition) is 2. The molecule has 0 spiro atoms. The number of nitrogens with one attached hydrogen (secondary N) is 2. The second-order valence-electron chi connectivity index (χ2n) is 5.40. The first-order chi connectivity index (χ1) is 11.1. The molecule has 2 amide bonds. The average Bonchev–Trinajstić information content (AvgIpc) is 3.05. The van der Waals surface area contributed by atoms with Gasteiger partial charge in [-0.25, -0.2) is 4.98 Å². The molecule has 3 rings (SSSR count). The van der Waals surface area contributed by atoms with Crippen molar-refractivity contribution in [3.05, 3.63) is 22.7 Å². The van der Waals surface area contributed by atoms with Crippen LogP contribution in [0.2, 0.25) is 0 Å². The maximum absolute atomic E-state index is 12.1. The van der Waals surface area contributed by atoms with Gasteiger partial charge < -0.3 is 15.2 Å². The first-order valence-electron chi connectivity index (χ1n) is 7.56. The Balaban J connectivity index is 1.62. The van der Waals surface area contributed by atoms with Gasteiger partial charge in [0.1, 0.15) is 11.5 Å². The van der Waals surface area contributed by atoms with Crippen LogP contribution in [0.5, 0.6) is 0 Å². The van der Waals surface area contributed by atoms with E-state index in [0.29, 0.717) is 11.7 Å². The minimum absolute atomic E-state index is 0.211. The molecule has 3 heterocycles. The van der Waals surface area contributed by atoms with Crippen molar-refractivity contribution in [1.29, 1.82) is 0 Å². The first kappa shape index (κ1) is 15.6. The van der Waals surface area contributed by atoms with Crippen LogP contribution in [0.4, 0.5) is 5.13 Å². The summed E-state index contributed by atoms with van der Waals surface area (Å²) in [7, 11) is 0. The first-order valence-corrected chi connectivity index (χ1v) is 8.43. The van der Waals surface area contributed by atoms with Crippen LogP contribution in [0.1, 0.15) is 48.3 Å². The zero-order valence-corrected chi connectivity index (χ0v) is 13.7. The third kappa shape index (κ3) is 3.73. The molecule has 23 heavy (non-hydrogen) atoms. The van der Waals surface area contributed by atoms with Crippen molar-refractivity contribution >= 4 is 28.3 Å². The topological polar surface area (TPSA) is 102 Å². The molecular weight excluding hydrogens is 316 g/mol. The van der Waals surface area contributed by atoms with Crippen LogP contribution in [0.25, 0.3) is 0 Å². The summed E-state index contributed by atoms with van der Waals surface area (Å²) in [6, 6.07) is 0. The lowest BCUT2D eigenvalue weighted by Gasteiger charge is -2.07. The van der Waals surface area contributed by atoms with Gasteiger partial charge in [-0.2, -0.15) is 0 Å². The van der Waals surface area contributed by atoms with Crippen LogP contribution >= 0.6 is 11.3 Å². The number of fused-ring (bicyclic) bond motifs is 1. The molecule has 0 fully saturated rings. The van der Waals surface area contributed by atoms with Crippen molar-refractivity contribution in [1.82, 2.24) is 25.1 Å². The molecule has 0 saturated heterocycles. The summed E-state index contributed by atoms with van der Waals surface area (Å²) in [4.78, 5) is 27.2. The van der Waals surface area contributed by atoms with E-state index in [2.05, 4.69) is 30.4 Å². The molecule has 1 aliphatic rings. The van der Waals surface area contributed by atoms with E-state index >= 15 is 0 Å². The number of carbonyl (C=O) groups is 2. The van der Waals surface area contributed by atoms with Gasteiger partial charge in [0.2, 0.25) is 5.91 Å². The van der Waals surface area contributed by atoms with E-state index < -0.39 is 0 Å². The van der Waals surface area contributed by atoms with Crippen LogP contribution < -0.4 is 10.6 Å². The predicted octanol–water partition coefficient (Wildman–Crippen LogP) is 1.35. The Bertz CT molecular complexity index is 723. The molecule has 0 unspecified atom stereocenters. The fourth-order valence-electron chi connectivity index (χ4n) is 2.51. The Labute approximate surface area is 137 Å². The number of thiazole rings is 1. The second kappa shape index (κ2) is 6.86. The normalized spacial score (nSPS) is 14.0. The third-order valence-corrected chi connectivity index (χ3v) is 4.37. The molecule has 9 heteroatoms. The second-order valence-corrected chi connectivity index (χ2v) is 6.25. The van der Waals surface area contributed by atoms with Gasteiger partial charge in [0.25, 0.3) is 5.91 Å². The Morgan fingerprint density at radius 2 is 2.17 bits per heavy atom. The maximum Gasteiger partial charge on any atom is 0.271 e. The molecule has 0 aromatic carbocycles. The Hall–Kier alpha value is -2.29. The van der Waals surface area contributed by atoms with E-state index in [1.807, 2.05) is 0 Å². The number of rotatable bonds is 4. The van der Waals surface area contributed by atoms with Gasteiger partial charge >= 0.3 is 0 Å². The van der Waals surface area contributed by atoms with Gasteiger partial charge in [-0.3, -0.25) is 9.59 Å². The SMILES string of the molecule is CC(=O)Nc1nc(C(=O)NCc2nnc3n2CCCCC3)cs1. The molecule has 122 valence electrons. The lowest BCUT2D eigenvalue weighted by atomic mass is 10.2. The number of aromatic nitrogens is 4. The standard InChI is InChI=1S/C14H18N6O2S/c1-9(21)16-14-17-10(8-23-14)13(22)15-7-12-19-18-11-5-3-2-4-6-20(11)12/h8H,2-7H2,1H3,(H,15,22)(H,16,17,21). The van der Waals surface area contributed by atoms with E-state index in [4.69, 9.17) is 0 Å². The number of carbonyl (C=O) groups excluding carboxylic acids is 2. The number of anilines is 1. The number of amides is 2. The summed E-state index contributed by atoms with van der Waals surface area (Å²) in [6.45, 7) is 2.62. The van der Waals surface area contributed by atoms with Crippen molar-refractivity contribution in [2.45, 2.75) is 45.7 Å². The predicted molar refractivity (Wildman–Crippen MR) is 85.2 cm³/mol. The van der Waals surface area contributed by atoms with Crippen molar-refractivity contribution < 1.29 is 9.59 Å². The fourth-order valence-corrected chi connectivity index (χ4v) is 3.25. The van der Waals surface area contributed by atoms with Crippen molar-refractivity contribution in [2.75, 3.05) is 5.32 Å². The van der Waals surface area contributed by atoms with E-state index in [-0.39, 0.29) is 17.5 Å². The molecule has 2 aromatic heterocycles.